The molecule has 0 aliphatic carbocycles. The summed E-state index contributed by atoms with van der Waals surface area (Å²) in [5.41, 5.74) is 3.10. The molecule has 0 fully saturated rings. The third-order valence-corrected chi connectivity index (χ3v) is 5.41. The summed E-state index contributed by atoms with van der Waals surface area (Å²) in [5, 5.41) is 11.5. The number of hydrogen-bond acceptors (Lipinski definition) is 8. The molecule has 2 aromatic carbocycles. The van der Waals surface area contributed by atoms with E-state index in [1.165, 1.54) is 0 Å². The summed E-state index contributed by atoms with van der Waals surface area (Å²) in [6, 6.07) is 17.6. The van der Waals surface area contributed by atoms with Gasteiger partial charge in [-0.05, 0) is 66.4 Å². The number of ether oxygens (including phenoxy) is 2. The largest absolute Gasteiger partial charge is 0.492 e. The maximum atomic E-state index is 12.4. The molecule has 4 aromatic rings. The Hall–Kier alpha value is -4.02. The molecule has 0 aliphatic rings. The minimum absolute atomic E-state index is 0.197. The summed E-state index contributed by atoms with van der Waals surface area (Å²) in [7, 11) is 0. The van der Waals surface area contributed by atoms with E-state index in [1.807, 2.05) is 18.2 Å². The number of hydroxylamine groups is 1. The smallest absolute Gasteiger partial charge is 0.307 e. The quantitative estimate of drug-likeness (QED) is 0.140. The third-order valence-electron chi connectivity index (χ3n) is 4.62. The van der Waals surface area contributed by atoms with E-state index in [0.717, 1.165) is 22.7 Å². The van der Waals surface area contributed by atoms with Crippen LogP contribution in [0.25, 0.3) is 11.0 Å². The van der Waals surface area contributed by atoms with Crippen LogP contribution in [0.4, 0.5) is 4.79 Å². The highest BCUT2D eigenvalue weighted by Gasteiger charge is 2.13. The minimum atomic E-state index is -0.574. The summed E-state index contributed by atoms with van der Waals surface area (Å²) in [6.07, 6.45) is 3.45. The van der Waals surface area contributed by atoms with Crippen LogP contribution in [0.15, 0.2) is 82.4 Å². The van der Waals surface area contributed by atoms with Gasteiger partial charge in [-0.3, -0.25) is 19.8 Å². The van der Waals surface area contributed by atoms with Crippen molar-refractivity contribution in [1.29, 1.82) is 0 Å². The fourth-order valence-electron chi connectivity index (χ4n) is 3.03. The van der Waals surface area contributed by atoms with E-state index in [2.05, 4.69) is 10.3 Å². The van der Waals surface area contributed by atoms with Crippen LogP contribution in [-0.2, 0) is 6.61 Å². The Morgan fingerprint density at radius 1 is 1.03 bits per heavy atom. The summed E-state index contributed by atoms with van der Waals surface area (Å²) in [6.45, 7) is 0.921. The van der Waals surface area contributed by atoms with E-state index in [9.17, 15) is 9.59 Å². The van der Waals surface area contributed by atoms with Gasteiger partial charge >= 0.3 is 5.24 Å². The number of pyridine rings is 1. The summed E-state index contributed by atoms with van der Waals surface area (Å²) >= 11 is 0.853. The molecule has 0 saturated heterocycles. The third kappa shape index (κ3) is 6.27. The molecule has 0 atom stereocenters. The van der Waals surface area contributed by atoms with Gasteiger partial charge in [-0.2, -0.15) is 0 Å². The number of fused-ring (bicyclic) bond motifs is 1. The van der Waals surface area contributed by atoms with Gasteiger partial charge in [-0.25, -0.2) is 5.48 Å². The van der Waals surface area contributed by atoms with Crippen LogP contribution in [0.3, 0.4) is 0 Å². The summed E-state index contributed by atoms with van der Waals surface area (Å²) in [5.74, 6) is 1.10. The summed E-state index contributed by atoms with van der Waals surface area (Å²) < 4.78 is 17.0. The van der Waals surface area contributed by atoms with E-state index in [4.69, 9.17) is 19.1 Å². The maximum Gasteiger partial charge on any atom is 0.307 e. The molecule has 3 N–H and O–H groups in total. The monoisotopic (exact) mass is 479 g/mol. The number of hydrogen-bond donors (Lipinski definition) is 3. The highest BCUT2D eigenvalue weighted by atomic mass is 32.2. The fraction of sp³-hybridized carbons (Fsp3) is 0.125. The van der Waals surface area contributed by atoms with Crippen molar-refractivity contribution in [2.75, 3.05) is 13.2 Å². The fourth-order valence-corrected chi connectivity index (χ4v) is 3.56. The van der Waals surface area contributed by atoms with E-state index in [0.29, 0.717) is 28.6 Å². The lowest BCUT2D eigenvalue weighted by Gasteiger charge is -2.07. The van der Waals surface area contributed by atoms with E-state index in [1.54, 1.807) is 60.3 Å². The highest BCUT2D eigenvalue weighted by Crippen LogP contribution is 2.25. The van der Waals surface area contributed by atoms with Gasteiger partial charge in [-0.15, -0.1) is 0 Å². The predicted molar refractivity (Wildman–Crippen MR) is 125 cm³/mol. The SMILES string of the molecule is O=C(NO)Sc1ccc(OCCNC(=O)c2cc3cc(OCc4cccnc4)ccc3o2)cc1. The number of rotatable bonds is 9. The van der Waals surface area contributed by atoms with Crippen LogP contribution in [0.1, 0.15) is 16.1 Å². The van der Waals surface area contributed by atoms with Crippen molar-refractivity contribution in [3.63, 3.8) is 0 Å². The molecule has 0 saturated carbocycles. The molecule has 34 heavy (non-hydrogen) atoms. The minimum Gasteiger partial charge on any atom is -0.492 e. The van der Waals surface area contributed by atoms with Gasteiger partial charge in [0.05, 0.1) is 6.54 Å². The lowest BCUT2D eigenvalue weighted by molar-refractivity contribution is 0.0921. The molecular weight excluding hydrogens is 458 g/mol. The van der Waals surface area contributed by atoms with Crippen molar-refractivity contribution in [2.45, 2.75) is 11.5 Å². The molecule has 0 bridgehead atoms. The molecule has 2 heterocycles. The number of aromatic nitrogens is 1. The maximum absolute atomic E-state index is 12.4. The van der Waals surface area contributed by atoms with Gasteiger partial charge in [0, 0.05) is 28.2 Å². The van der Waals surface area contributed by atoms with Crippen LogP contribution in [0.2, 0.25) is 0 Å². The molecule has 0 spiro atoms. The molecule has 0 aliphatic heterocycles. The van der Waals surface area contributed by atoms with Crippen molar-refractivity contribution in [2.24, 2.45) is 0 Å². The Balaban J connectivity index is 1.25. The van der Waals surface area contributed by atoms with E-state index < -0.39 is 5.24 Å². The molecule has 4 rings (SSSR count). The molecule has 0 radical (unpaired) electrons. The van der Waals surface area contributed by atoms with Crippen LogP contribution in [-0.4, -0.2) is 34.5 Å². The van der Waals surface area contributed by atoms with Crippen molar-refractivity contribution in [3.05, 3.63) is 84.4 Å². The van der Waals surface area contributed by atoms with Crippen LogP contribution in [0, 0.1) is 0 Å². The molecular formula is C24H21N3O6S. The highest BCUT2D eigenvalue weighted by molar-refractivity contribution is 8.13. The Morgan fingerprint density at radius 3 is 2.62 bits per heavy atom. The van der Waals surface area contributed by atoms with Crippen molar-refractivity contribution < 1.29 is 28.7 Å². The van der Waals surface area contributed by atoms with Crippen molar-refractivity contribution >= 4 is 33.9 Å². The van der Waals surface area contributed by atoms with E-state index in [-0.39, 0.29) is 24.8 Å². The van der Waals surface area contributed by atoms with Crippen molar-refractivity contribution in [3.8, 4) is 11.5 Å². The topological polar surface area (TPSA) is 123 Å². The Bertz CT molecular complexity index is 1260. The Labute approximate surface area is 199 Å². The second-order valence-corrected chi connectivity index (χ2v) is 8.08. The molecule has 9 nitrogen and oxygen atoms in total. The zero-order valence-electron chi connectivity index (χ0n) is 17.9. The van der Waals surface area contributed by atoms with Gasteiger partial charge in [0.2, 0.25) is 0 Å². The second kappa shape index (κ2) is 11.2. The van der Waals surface area contributed by atoms with Gasteiger partial charge in [0.15, 0.2) is 5.76 Å². The molecule has 10 heteroatoms. The number of carbonyl (C=O) groups is 2. The lowest BCUT2D eigenvalue weighted by Crippen LogP contribution is -2.27. The molecule has 174 valence electrons. The number of furan rings is 1. The summed E-state index contributed by atoms with van der Waals surface area (Å²) in [4.78, 5) is 28.3. The zero-order chi connectivity index (χ0) is 23.8. The first kappa shape index (κ1) is 23.1. The number of carbonyl (C=O) groups excluding carboxylic acids is 2. The average Bonchev–Trinajstić information content (AvgIpc) is 3.30. The first-order valence-corrected chi connectivity index (χ1v) is 11.1. The standard InChI is InChI=1S/C24H21N3O6S/c28-23(26-10-11-31-18-3-6-20(7-4-18)34-24(29)27-30)22-13-17-12-19(5-8-21(17)33-22)32-15-16-2-1-9-25-14-16/h1-9,12-14,30H,10-11,15H2,(H,26,28)(H,27,29). The van der Waals surface area contributed by atoms with Gasteiger partial charge in [0.25, 0.3) is 5.91 Å². The zero-order valence-corrected chi connectivity index (χ0v) is 18.7. The van der Waals surface area contributed by atoms with Gasteiger partial charge < -0.3 is 19.2 Å². The molecule has 2 aromatic heterocycles. The number of nitrogens with zero attached hydrogens (tertiary/aromatic N) is 1. The number of thioether (sulfide) groups is 1. The first-order valence-electron chi connectivity index (χ1n) is 10.3. The van der Waals surface area contributed by atoms with Crippen LogP contribution < -0.4 is 20.3 Å². The number of amides is 2. The first-order chi connectivity index (χ1) is 16.6. The Kier molecular flexibility index (Phi) is 7.63. The van der Waals surface area contributed by atoms with Gasteiger partial charge in [-0.1, -0.05) is 6.07 Å². The van der Waals surface area contributed by atoms with Crippen LogP contribution >= 0.6 is 11.8 Å². The predicted octanol–water partition coefficient (Wildman–Crippen LogP) is 4.41. The van der Waals surface area contributed by atoms with Crippen LogP contribution in [0.5, 0.6) is 11.5 Å². The van der Waals surface area contributed by atoms with Crippen molar-refractivity contribution in [1.82, 2.24) is 15.8 Å². The molecule has 2 amide bonds. The second-order valence-electron chi connectivity index (χ2n) is 7.04. The van der Waals surface area contributed by atoms with E-state index >= 15 is 0 Å². The number of nitrogens with one attached hydrogen (secondary N) is 2. The molecule has 0 unspecified atom stereocenters. The lowest BCUT2D eigenvalue weighted by atomic mass is 10.2. The number of benzene rings is 2. The average molecular weight is 480 g/mol. The van der Waals surface area contributed by atoms with Gasteiger partial charge in [0.1, 0.15) is 30.3 Å². The Morgan fingerprint density at radius 2 is 1.85 bits per heavy atom. The normalized spacial score (nSPS) is 10.6.